The molecule has 8 heteroatoms. The Hall–Kier alpha value is -1.80. The number of rotatable bonds is 4. The van der Waals surface area contributed by atoms with Gasteiger partial charge in [-0.2, -0.15) is 13.2 Å². The molecule has 0 bridgehead atoms. The molecule has 0 radical (unpaired) electrons. The molecule has 0 aromatic heterocycles. The first-order valence-electron chi connectivity index (χ1n) is 9.94. The first-order chi connectivity index (χ1) is 13.3. The number of urea groups is 1. The van der Waals surface area contributed by atoms with Gasteiger partial charge in [0.1, 0.15) is 0 Å². The number of hydrogen-bond acceptors (Lipinski definition) is 3. The van der Waals surface area contributed by atoms with Crippen LogP contribution in [-0.4, -0.2) is 41.9 Å². The Balaban J connectivity index is 1.25. The largest absolute Gasteiger partial charge is 0.401 e. The molecule has 4 rings (SSSR count). The lowest BCUT2D eigenvalue weighted by molar-refractivity contribution is -0.146. The minimum absolute atomic E-state index is 0.0467. The number of ether oxygens (including phenoxy) is 1. The van der Waals surface area contributed by atoms with E-state index >= 15 is 0 Å². The first kappa shape index (κ1) is 19.5. The zero-order chi connectivity index (χ0) is 19.8. The second kappa shape index (κ2) is 7.55. The third-order valence-electron chi connectivity index (χ3n) is 6.00. The molecule has 154 valence electrons. The summed E-state index contributed by atoms with van der Waals surface area (Å²) in [4.78, 5) is 13.5. The van der Waals surface area contributed by atoms with E-state index < -0.39 is 12.7 Å². The molecule has 1 unspecified atom stereocenters. The Labute approximate surface area is 162 Å². The summed E-state index contributed by atoms with van der Waals surface area (Å²) in [6.07, 6.45) is 2.57. The topological polar surface area (TPSA) is 53.6 Å². The molecule has 2 fully saturated rings. The number of amides is 2. The molecule has 1 aliphatic carbocycles. The van der Waals surface area contributed by atoms with Gasteiger partial charge in [-0.05, 0) is 48.9 Å². The standard InChI is InChI=1S/C20H26F3N3O2/c21-20(22,23)13-26-11-14-3-4-16(9-15(14)12-26)25-18(27)24-10-17-5-8-19(28-17)6-1-2-7-19/h3-4,9,17H,1-2,5-8,10-13H2,(H2,24,25,27). The Morgan fingerprint density at radius 3 is 2.68 bits per heavy atom. The van der Waals surface area contributed by atoms with Crippen LogP contribution in [0.4, 0.5) is 23.7 Å². The van der Waals surface area contributed by atoms with Gasteiger partial charge in [-0.3, -0.25) is 4.90 Å². The van der Waals surface area contributed by atoms with Crippen molar-refractivity contribution in [1.82, 2.24) is 10.2 Å². The van der Waals surface area contributed by atoms with Gasteiger partial charge in [-0.25, -0.2) is 4.79 Å². The number of anilines is 1. The van der Waals surface area contributed by atoms with Crippen molar-refractivity contribution in [2.75, 3.05) is 18.4 Å². The zero-order valence-corrected chi connectivity index (χ0v) is 15.8. The molecular formula is C20H26F3N3O2. The van der Waals surface area contributed by atoms with Crippen LogP contribution in [0.2, 0.25) is 0 Å². The molecule has 2 aliphatic heterocycles. The van der Waals surface area contributed by atoms with Crippen LogP contribution >= 0.6 is 0 Å². The number of halogens is 3. The number of carbonyl (C=O) groups is 1. The average molecular weight is 397 g/mol. The van der Waals surface area contributed by atoms with Crippen LogP contribution < -0.4 is 10.6 Å². The number of nitrogens with zero attached hydrogens (tertiary/aromatic N) is 1. The molecule has 1 saturated carbocycles. The summed E-state index contributed by atoms with van der Waals surface area (Å²) in [6, 6.07) is 4.95. The minimum atomic E-state index is -4.21. The van der Waals surface area contributed by atoms with E-state index in [0.717, 1.165) is 36.8 Å². The fourth-order valence-corrected chi connectivity index (χ4v) is 4.72. The normalized spacial score (nSPS) is 23.9. The molecule has 3 aliphatic rings. The van der Waals surface area contributed by atoms with Crippen LogP contribution in [0.15, 0.2) is 18.2 Å². The predicted molar refractivity (Wildman–Crippen MR) is 98.9 cm³/mol. The van der Waals surface area contributed by atoms with Crippen molar-refractivity contribution in [2.24, 2.45) is 0 Å². The molecular weight excluding hydrogens is 371 g/mol. The van der Waals surface area contributed by atoms with Crippen LogP contribution in [0.3, 0.4) is 0 Å². The van der Waals surface area contributed by atoms with E-state index in [1.54, 1.807) is 18.2 Å². The van der Waals surface area contributed by atoms with Gasteiger partial charge in [0.25, 0.3) is 0 Å². The highest BCUT2D eigenvalue weighted by atomic mass is 19.4. The van der Waals surface area contributed by atoms with Crippen molar-refractivity contribution >= 4 is 11.7 Å². The van der Waals surface area contributed by atoms with Crippen LogP contribution in [0.1, 0.15) is 49.7 Å². The van der Waals surface area contributed by atoms with Gasteiger partial charge in [0, 0.05) is 25.3 Å². The second-order valence-electron chi connectivity index (χ2n) is 8.25. The van der Waals surface area contributed by atoms with E-state index in [2.05, 4.69) is 10.6 Å². The molecule has 2 heterocycles. The Morgan fingerprint density at radius 2 is 1.93 bits per heavy atom. The molecule has 5 nitrogen and oxygen atoms in total. The molecule has 1 atom stereocenters. The van der Waals surface area contributed by atoms with Crippen molar-refractivity contribution < 1.29 is 22.7 Å². The van der Waals surface area contributed by atoms with E-state index in [1.165, 1.54) is 17.7 Å². The third kappa shape index (κ3) is 4.60. The lowest BCUT2D eigenvalue weighted by Crippen LogP contribution is -2.36. The van der Waals surface area contributed by atoms with E-state index in [9.17, 15) is 18.0 Å². The van der Waals surface area contributed by atoms with Crippen LogP contribution in [0, 0.1) is 0 Å². The molecule has 28 heavy (non-hydrogen) atoms. The van der Waals surface area contributed by atoms with Crippen LogP contribution in [0.25, 0.3) is 0 Å². The maximum atomic E-state index is 12.6. The van der Waals surface area contributed by atoms with Gasteiger partial charge < -0.3 is 15.4 Å². The zero-order valence-electron chi connectivity index (χ0n) is 15.8. The number of carbonyl (C=O) groups excluding carboxylic acids is 1. The van der Waals surface area contributed by atoms with E-state index in [4.69, 9.17) is 4.74 Å². The number of nitrogens with one attached hydrogen (secondary N) is 2. The molecule has 2 amide bonds. The lowest BCUT2D eigenvalue weighted by atomic mass is 9.98. The fraction of sp³-hybridized carbons (Fsp3) is 0.650. The summed E-state index contributed by atoms with van der Waals surface area (Å²) >= 11 is 0. The van der Waals surface area contributed by atoms with Crippen molar-refractivity contribution in [3.05, 3.63) is 29.3 Å². The van der Waals surface area contributed by atoms with Crippen molar-refractivity contribution in [1.29, 1.82) is 0 Å². The lowest BCUT2D eigenvalue weighted by Gasteiger charge is -2.23. The molecule has 1 aromatic carbocycles. The maximum absolute atomic E-state index is 12.6. The molecule has 1 spiro atoms. The van der Waals surface area contributed by atoms with Crippen molar-refractivity contribution in [2.45, 2.75) is 69.5 Å². The van der Waals surface area contributed by atoms with E-state index in [-0.39, 0.29) is 30.8 Å². The highest BCUT2D eigenvalue weighted by molar-refractivity contribution is 5.89. The number of alkyl halides is 3. The van der Waals surface area contributed by atoms with E-state index in [0.29, 0.717) is 12.2 Å². The summed E-state index contributed by atoms with van der Waals surface area (Å²) < 4.78 is 43.9. The summed E-state index contributed by atoms with van der Waals surface area (Å²) in [5.41, 5.74) is 2.33. The summed E-state index contributed by atoms with van der Waals surface area (Å²) in [5, 5.41) is 5.63. The maximum Gasteiger partial charge on any atom is 0.401 e. The average Bonchev–Trinajstić information content (AvgIpc) is 3.32. The van der Waals surface area contributed by atoms with Gasteiger partial charge in [0.05, 0.1) is 18.2 Å². The quantitative estimate of drug-likeness (QED) is 0.802. The monoisotopic (exact) mass is 397 g/mol. The molecule has 2 N–H and O–H groups in total. The molecule has 1 aromatic rings. The summed E-state index contributed by atoms with van der Waals surface area (Å²) in [5.74, 6) is 0. The Morgan fingerprint density at radius 1 is 1.18 bits per heavy atom. The number of fused-ring (bicyclic) bond motifs is 1. The van der Waals surface area contributed by atoms with Gasteiger partial charge in [-0.1, -0.05) is 18.9 Å². The molecule has 1 saturated heterocycles. The number of benzene rings is 1. The first-order valence-corrected chi connectivity index (χ1v) is 9.94. The van der Waals surface area contributed by atoms with Crippen LogP contribution in [-0.2, 0) is 17.8 Å². The summed E-state index contributed by atoms with van der Waals surface area (Å²) in [6.45, 7) is 0.0672. The fourth-order valence-electron chi connectivity index (χ4n) is 4.72. The minimum Gasteiger partial charge on any atom is -0.370 e. The van der Waals surface area contributed by atoms with Gasteiger partial charge in [-0.15, -0.1) is 0 Å². The van der Waals surface area contributed by atoms with Crippen molar-refractivity contribution in [3.63, 3.8) is 0 Å². The van der Waals surface area contributed by atoms with Gasteiger partial charge in [0.2, 0.25) is 0 Å². The smallest absolute Gasteiger partial charge is 0.370 e. The Kier molecular flexibility index (Phi) is 5.26. The highest BCUT2D eigenvalue weighted by Gasteiger charge is 2.42. The van der Waals surface area contributed by atoms with Crippen molar-refractivity contribution in [3.8, 4) is 0 Å². The van der Waals surface area contributed by atoms with Crippen LogP contribution in [0.5, 0.6) is 0 Å². The Bertz CT molecular complexity index is 732. The summed E-state index contributed by atoms with van der Waals surface area (Å²) in [7, 11) is 0. The second-order valence-corrected chi connectivity index (χ2v) is 8.25. The van der Waals surface area contributed by atoms with E-state index in [1.807, 2.05) is 0 Å². The number of hydrogen-bond donors (Lipinski definition) is 2. The SMILES string of the molecule is O=C(NCC1CCC2(CCCC2)O1)Nc1ccc2c(c1)CN(CC(F)(F)F)C2. The van der Waals surface area contributed by atoms with Gasteiger partial charge in [0.15, 0.2) is 0 Å². The highest BCUT2D eigenvalue weighted by Crippen LogP contribution is 2.43. The third-order valence-corrected chi connectivity index (χ3v) is 6.00. The predicted octanol–water partition coefficient (Wildman–Crippen LogP) is 4.18. The van der Waals surface area contributed by atoms with Gasteiger partial charge >= 0.3 is 12.2 Å².